The van der Waals surface area contributed by atoms with Gasteiger partial charge in [0.2, 0.25) is 0 Å². The van der Waals surface area contributed by atoms with Crippen molar-refractivity contribution in [2.24, 2.45) is 0 Å². The maximum atomic E-state index is 9.34. The summed E-state index contributed by atoms with van der Waals surface area (Å²) in [6, 6.07) is 0. The fraction of sp³-hybridized carbons (Fsp3) is 0.600. The van der Waals surface area contributed by atoms with E-state index >= 15 is 0 Å². The van der Waals surface area contributed by atoms with Gasteiger partial charge in [0.25, 0.3) is 0 Å². The van der Waals surface area contributed by atoms with Gasteiger partial charge < -0.3 is 5.11 Å². The molecule has 0 bridgehead atoms. The second-order valence-electron chi connectivity index (χ2n) is 3.60. The number of aryl methyl sites for hydroxylation is 1. The van der Waals surface area contributed by atoms with Crippen LogP contribution in [0.15, 0.2) is 18.0 Å². The van der Waals surface area contributed by atoms with Crippen molar-refractivity contribution in [1.29, 1.82) is 0 Å². The summed E-state index contributed by atoms with van der Waals surface area (Å²) in [6.07, 6.45) is 5.94. The number of hydrogen-bond donors (Lipinski definition) is 1. The van der Waals surface area contributed by atoms with E-state index in [0.29, 0.717) is 0 Å². The van der Waals surface area contributed by atoms with Crippen LogP contribution >= 0.6 is 0 Å². The molecular formula is C10H15N3O. The van der Waals surface area contributed by atoms with Crippen LogP contribution in [0.2, 0.25) is 0 Å². The first-order valence-corrected chi connectivity index (χ1v) is 5.04. The Morgan fingerprint density at radius 3 is 3.14 bits per heavy atom. The third kappa shape index (κ3) is 1.85. The van der Waals surface area contributed by atoms with Gasteiger partial charge >= 0.3 is 0 Å². The number of aliphatic hydroxyl groups is 1. The lowest BCUT2D eigenvalue weighted by atomic mass is 10.1. The third-order valence-corrected chi connectivity index (χ3v) is 2.57. The van der Waals surface area contributed by atoms with Crippen molar-refractivity contribution < 1.29 is 5.11 Å². The van der Waals surface area contributed by atoms with Crippen LogP contribution < -0.4 is 0 Å². The summed E-state index contributed by atoms with van der Waals surface area (Å²) in [4.78, 5) is 4.20. The smallest absolute Gasteiger partial charge is 0.138 e. The molecule has 1 aliphatic carbocycles. The highest BCUT2D eigenvalue weighted by atomic mass is 16.3. The van der Waals surface area contributed by atoms with Crippen molar-refractivity contribution in [2.75, 3.05) is 0 Å². The van der Waals surface area contributed by atoms with Crippen LogP contribution in [-0.2, 0) is 13.0 Å². The molecule has 1 heterocycles. The predicted octanol–water partition coefficient (Wildman–Crippen LogP) is 0.922. The number of hydrogen-bond acceptors (Lipinski definition) is 3. The average molecular weight is 193 g/mol. The van der Waals surface area contributed by atoms with E-state index in [2.05, 4.69) is 17.0 Å². The highest BCUT2D eigenvalue weighted by molar-refractivity contribution is 5.16. The van der Waals surface area contributed by atoms with Gasteiger partial charge in [-0.3, -0.25) is 4.68 Å². The molecule has 1 aromatic rings. The summed E-state index contributed by atoms with van der Waals surface area (Å²) >= 11 is 0. The molecule has 0 saturated heterocycles. The Balaban J connectivity index is 2.07. The first kappa shape index (κ1) is 9.40. The number of allylic oxidation sites excluding steroid dienone is 1. The van der Waals surface area contributed by atoms with Crippen molar-refractivity contribution >= 4 is 0 Å². The minimum atomic E-state index is -0.247. The fourth-order valence-corrected chi connectivity index (χ4v) is 1.81. The molecule has 4 heteroatoms. The molecule has 0 aromatic carbocycles. The maximum Gasteiger partial charge on any atom is 0.138 e. The molecule has 76 valence electrons. The molecule has 1 atom stereocenters. The summed E-state index contributed by atoms with van der Waals surface area (Å²) in [5.74, 6) is 0.993. The SMILES string of the molecule is CCn1ncnc1CC1=CC(O)CC1. The zero-order chi connectivity index (χ0) is 9.97. The fourth-order valence-electron chi connectivity index (χ4n) is 1.81. The Morgan fingerprint density at radius 2 is 2.50 bits per heavy atom. The Labute approximate surface area is 83.3 Å². The average Bonchev–Trinajstić information content (AvgIpc) is 2.76. The number of aliphatic hydroxyl groups excluding tert-OH is 1. The molecule has 4 nitrogen and oxygen atoms in total. The molecule has 1 aromatic heterocycles. The van der Waals surface area contributed by atoms with Gasteiger partial charge in [0, 0.05) is 13.0 Å². The van der Waals surface area contributed by atoms with Crippen LogP contribution in [0.5, 0.6) is 0 Å². The summed E-state index contributed by atoms with van der Waals surface area (Å²) in [7, 11) is 0. The van der Waals surface area contributed by atoms with Gasteiger partial charge in [-0.2, -0.15) is 5.10 Å². The summed E-state index contributed by atoms with van der Waals surface area (Å²) in [5, 5.41) is 13.4. The monoisotopic (exact) mass is 193 g/mol. The Hall–Kier alpha value is -1.16. The van der Waals surface area contributed by atoms with E-state index < -0.39 is 0 Å². The zero-order valence-corrected chi connectivity index (χ0v) is 8.35. The minimum absolute atomic E-state index is 0.247. The number of nitrogens with zero attached hydrogens (tertiary/aromatic N) is 3. The summed E-state index contributed by atoms with van der Waals surface area (Å²) in [6.45, 7) is 2.90. The molecule has 2 rings (SSSR count). The van der Waals surface area contributed by atoms with Crippen molar-refractivity contribution in [1.82, 2.24) is 14.8 Å². The van der Waals surface area contributed by atoms with E-state index in [1.165, 1.54) is 5.57 Å². The van der Waals surface area contributed by atoms with Gasteiger partial charge in [-0.15, -0.1) is 0 Å². The second kappa shape index (κ2) is 3.92. The standard InChI is InChI=1S/C10H15N3O/c1-2-13-10(11-7-12-13)6-8-3-4-9(14)5-8/h5,7,9,14H,2-4,6H2,1H3. The van der Waals surface area contributed by atoms with Gasteiger partial charge in [0.05, 0.1) is 6.10 Å². The van der Waals surface area contributed by atoms with E-state index in [0.717, 1.165) is 31.6 Å². The molecular weight excluding hydrogens is 178 g/mol. The topological polar surface area (TPSA) is 50.9 Å². The lowest BCUT2D eigenvalue weighted by molar-refractivity contribution is 0.223. The molecule has 0 amide bonds. The predicted molar refractivity (Wildman–Crippen MR) is 52.7 cm³/mol. The normalized spacial score (nSPS) is 21.3. The third-order valence-electron chi connectivity index (χ3n) is 2.57. The quantitative estimate of drug-likeness (QED) is 0.726. The summed E-state index contributed by atoms with van der Waals surface area (Å²) < 4.78 is 1.89. The Kier molecular flexibility index (Phi) is 2.63. The molecule has 0 radical (unpaired) electrons. The second-order valence-corrected chi connectivity index (χ2v) is 3.60. The molecule has 14 heavy (non-hydrogen) atoms. The molecule has 1 aliphatic rings. The molecule has 0 aliphatic heterocycles. The van der Waals surface area contributed by atoms with E-state index in [4.69, 9.17) is 0 Å². The lowest BCUT2D eigenvalue weighted by Crippen LogP contribution is -2.04. The zero-order valence-electron chi connectivity index (χ0n) is 8.35. The highest BCUT2D eigenvalue weighted by Crippen LogP contribution is 2.21. The van der Waals surface area contributed by atoms with E-state index in [-0.39, 0.29) is 6.10 Å². The van der Waals surface area contributed by atoms with Gasteiger partial charge in [0.15, 0.2) is 0 Å². The maximum absolute atomic E-state index is 9.34. The minimum Gasteiger partial charge on any atom is -0.389 e. The Bertz CT molecular complexity index is 343. The number of rotatable bonds is 3. The molecule has 1 N–H and O–H groups in total. The first-order chi connectivity index (χ1) is 6.79. The van der Waals surface area contributed by atoms with Crippen molar-refractivity contribution in [2.45, 2.75) is 38.8 Å². The lowest BCUT2D eigenvalue weighted by Gasteiger charge is -2.02. The van der Waals surface area contributed by atoms with E-state index in [1.54, 1.807) is 6.33 Å². The summed E-state index contributed by atoms with van der Waals surface area (Å²) in [5.41, 5.74) is 1.28. The van der Waals surface area contributed by atoms with Crippen LogP contribution in [0.4, 0.5) is 0 Å². The van der Waals surface area contributed by atoms with Crippen LogP contribution in [0, 0.1) is 0 Å². The van der Waals surface area contributed by atoms with Gasteiger partial charge in [-0.1, -0.05) is 11.6 Å². The van der Waals surface area contributed by atoms with E-state index in [1.807, 2.05) is 10.8 Å². The van der Waals surface area contributed by atoms with Gasteiger partial charge in [-0.25, -0.2) is 4.98 Å². The van der Waals surface area contributed by atoms with Gasteiger partial charge in [0.1, 0.15) is 12.2 Å². The number of aromatic nitrogens is 3. The first-order valence-electron chi connectivity index (χ1n) is 5.04. The molecule has 0 saturated carbocycles. The largest absolute Gasteiger partial charge is 0.389 e. The Morgan fingerprint density at radius 1 is 1.64 bits per heavy atom. The van der Waals surface area contributed by atoms with Crippen LogP contribution in [0.1, 0.15) is 25.6 Å². The molecule has 0 fully saturated rings. The van der Waals surface area contributed by atoms with Gasteiger partial charge in [-0.05, 0) is 19.8 Å². The molecule has 0 spiro atoms. The van der Waals surface area contributed by atoms with Crippen LogP contribution in [-0.4, -0.2) is 26.0 Å². The van der Waals surface area contributed by atoms with Crippen molar-refractivity contribution in [3.05, 3.63) is 23.8 Å². The van der Waals surface area contributed by atoms with Crippen molar-refractivity contribution in [3.8, 4) is 0 Å². The highest BCUT2D eigenvalue weighted by Gasteiger charge is 2.14. The van der Waals surface area contributed by atoms with E-state index in [9.17, 15) is 5.11 Å². The van der Waals surface area contributed by atoms with Crippen LogP contribution in [0.3, 0.4) is 0 Å². The van der Waals surface area contributed by atoms with Crippen LogP contribution in [0.25, 0.3) is 0 Å². The van der Waals surface area contributed by atoms with Crippen molar-refractivity contribution in [3.63, 3.8) is 0 Å². The molecule has 1 unspecified atom stereocenters.